The van der Waals surface area contributed by atoms with Gasteiger partial charge in [-0.2, -0.15) is 0 Å². The highest BCUT2D eigenvalue weighted by Gasteiger charge is 2.11. The monoisotopic (exact) mass is 306 g/mol. The molecule has 1 amide bonds. The highest BCUT2D eigenvalue weighted by atomic mass is 32.1. The number of carboxylic acid groups (broad SMARTS) is 1. The lowest BCUT2D eigenvalue weighted by Gasteiger charge is -2.03. The maximum atomic E-state index is 13.4. The molecule has 7 heteroatoms. The minimum atomic E-state index is -1.02. The van der Waals surface area contributed by atoms with Crippen molar-refractivity contribution in [1.29, 1.82) is 0 Å². The molecule has 0 saturated heterocycles. The van der Waals surface area contributed by atoms with E-state index in [4.69, 9.17) is 5.11 Å². The van der Waals surface area contributed by atoms with Crippen molar-refractivity contribution in [2.45, 2.75) is 6.54 Å². The van der Waals surface area contributed by atoms with Crippen molar-refractivity contribution in [2.24, 2.45) is 0 Å². The number of nitrogens with one attached hydrogen (secondary N) is 1. The Morgan fingerprint density at radius 2 is 2.29 bits per heavy atom. The van der Waals surface area contributed by atoms with Crippen LogP contribution in [0.25, 0.3) is 6.08 Å². The van der Waals surface area contributed by atoms with Gasteiger partial charge in [-0.15, -0.1) is 11.3 Å². The second-order valence-corrected chi connectivity index (χ2v) is 5.05. The number of rotatable bonds is 5. The molecule has 0 spiro atoms. The van der Waals surface area contributed by atoms with E-state index in [1.165, 1.54) is 29.7 Å². The smallest absolute Gasteiger partial charge is 0.328 e. The van der Waals surface area contributed by atoms with Crippen LogP contribution in [0.2, 0.25) is 0 Å². The van der Waals surface area contributed by atoms with Crippen LogP contribution < -0.4 is 5.32 Å². The average molecular weight is 306 g/mol. The van der Waals surface area contributed by atoms with Crippen LogP contribution in [0.3, 0.4) is 0 Å². The predicted octanol–water partition coefficient (Wildman–Crippen LogP) is 2.31. The number of thiophene rings is 1. The fourth-order valence-corrected chi connectivity index (χ4v) is 2.36. The lowest BCUT2D eigenvalue weighted by atomic mass is 10.2. The van der Waals surface area contributed by atoms with Gasteiger partial charge in [0.15, 0.2) is 5.82 Å². The van der Waals surface area contributed by atoms with E-state index in [0.29, 0.717) is 0 Å². The van der Waals surface area contributed by atoms with Crippen LogP contribution in [-0.4, -0.2) is 22.0 Å². The lowest BCUT2D eigenvalue weighted by molar-refractivity contribution is -0.131. The number of amides is 1. The predicted molar refractivity (Wildman–Crippen MR) is 76.4 cm³/mol. The van der Waals surface area contributed by atoms with Gasteiger partial charge in [0.1, 0.15) is 0 Å². The highest BCUT2D eigenvalue weighted by Crippen LogP contribution is 2.16. The van der Waals surface area contributed by atoms with Gasteiger partial charge in [-0.3, -0.25) is 9.78 Å². The van der Waals surface area contributed by atoms with Crippen molar-refractivity contribution < 1.29 is 19.1 Å². The molecule has 2 N–H and O–H groups in total. The third-order valence-electron chi connectivity index (χ3n) is 2.53. The zero-order valence-corrected chi connectivity index (χ0v) is 11.6. The van der Waals surface area contributed by atoms with Gasteiger partial charge in [0.2, 0.25) is 0 Å². The normalized spacial score (nSPS) is 10.7. The molecule has 2 rings (SSSR count). The Balaban J connectivity index is 1.96. The van der Waals surface area contributed by atoms with Gasteiger partial charge < -0.3 is 10.4 Å². The number of carboxylic acids is 1. The summed E-state index contributed by atoms with van der Waals surface area (Å²) >= 11 is 1.38. The van der Waals surface area contributed by atoms with Crippen LogP contribution in [0.5, 0.6) is 0 Å². The molecule has 0 unspecified atom stereocenters. The van der Waals surface area contributed by atoms with Gasteiger partial charge in [0, 0.05) is 17.2 Å². The summed E-state index contributed by atoms with van der Waals surface area (Å²) in [6, 6.07) is 3.06. The van der Waals surface area contributed by atoms with Gasteiger partial charge in [-0.25, -0.2) is 9.18 Å². The number of aromatic nitrogens is 1. The SMILES string of the molecule is O=C(O)C=Cc1csc(CNC(=O)c2ccncc2F)c1. The summed E-state index contributed by atoms with van der Waals surface area (Å²) in [5.41, 5.74) is 0.675. The van der Waals surface area contributed by atoms with Crippen molar-refractivity contribution in [1.82, 2.24) is 10.3 Å². The number of aliphatic carboxylic acids is 1. The third kappa shape index (κ3) is 4.22. The maximum absolute atomic E-state index is 13.4. The molecule has 0 aliphatic rings. The first-order chi connectivity index (χ1) is 10.1. The molecular formula is C14H11FN2O3S. The largest absolute Gasteiger partial charge is 0.478 e. The van der Waals surface area contributed by atoms with Crippen LogP contribution in [0.1, 0.15) is 20.8 Å². The van der Waals surface area contributed by atoms with Crippen LogP contribution in [0, 0.1) is 5.82 Å². The molecule has 2 aromatic heterocycles. The summed E-state index contributed by atoms with van der Waals surface area (Å²) < 4.78 is 13.4. The average Bonchev–Trinajstić information content (AvgIpc) is 2.91. The Bertz CT molecular complexity index is 697. The summed E-state index contributed by atoms with van der Waals surface area (Å²) in [4.78, 5) is 26.6. The Labute approximate surface area is 123 Å². The number of pyridine rings is 1. The van der Waals surface area contributed by atoms with E-state index in [2.05, 4.69) is 10.3 Å². The van der Waals surface area contributed by atoms with Crippen molar-refractivity contribution in [3.63, 3.8) is 0 Å². The van der Waals surface area contributed by atoms with E-state index >= 15 is 0 Å². The van der Waals surface area contributed by atoms with Gasteiger partial charge >= 0.3 is 5.97 Å². The van der Waals surface area contributed by atoms with E-state index < -0.39 is 17.7 Å². The van der Waals surface area contributed by atoms with E-state index in [9.17, 15) is 14.0 Å². The molecule has 2 heterocycles. The standard InChI is InChI=1S/C14H11FN2O3S/c15-12-7-16-4-3-11(12)14(20)17-6-10-5-9(8-21-10)1-2-13(18)19/h1-5,7-8H,6H2,(H,17,20)(H,18,19). The molecule has 0 fully saturated rings. The van der Waals surface area contributed by atoms with Crippen molar-refractivity contribution >= 4 is 29.3 Å². The lowest BCUT2D eigenvalue weighted by Crippen LogP contribution is -2.23. The van der Waals surface area contributed by atoms with E-state index in [0.717, 1.165) is 22.7 Å². The molecule has 0 saturated carbocycles. The summed E-state index contributed by atoms with van der Waals surface area (Å²) in [6.07, 6.45) is 4.83. The number of halogens is 1. The first kappa shape index (κ1) is 14.9. The Morgan fingerprint density at radius 3 is 3.00 bits per heavy atom. The van der Waals surface area contributed by atoms with E-state index in [-0.39, 0.29) is 12.1 Å². The Morgan fingerprint density at radius 1 is 1.48 bits per heavy atom. The molecule has 5 nitrogen and oxygen atoms in total. The van der Waals surface area contributed by atoms with Crippen molar-refractivity contribution in [3.05, 3.63) is 57.8 Å². The molecule has 0 radical (unpaired) electrons. The highest BCUT2D eigenvalue weighted by molar-refractivity contribution is 7.10. The number of hydrogen-bond donors (Lipinski definition) is 2. The van der Waals surface area contributed by atoms with Crippen molar-refractivity contribution in [3.8, 4) is 0 Å². The molecular weight excluding hydrogens is 295 g/mol. The van der Waals surface area contributed by atoms with Crippen LogP contribution in [0.4, 0.5) is 4.39 Å². The second kappa shape index (κ2) is 6.76. The molecule has 108 valence electrons. The summed E-state index contributed by atoms with van der Waals surface area (Å²) in [7, 11) is 0. The number of hydrogen-bond acceptors (Lipinski definition) is 4. The summed E-state index contributed by atoms with van der Waals surface area (Å²) in [5.74, 6) is -2.22. The Hall–Kier alpha value is -2.54. The third-order valence-corrected chi connectivity index (χ3v) is 3.49. The van der Waals surface area contributed by atoms with Crippen LogP contribution in [-0.2, 0) is 11.3 Å². The number of carbonyl (C=O) groups excluding carboxylic acids is 1. The van der Waals surface area contributed by atoms with Crippen molar-refractivity contribution in [2.75, 3.05) is 0 Å². The topological polar surface area (TPSA) is 79.3 Å². The molecule has 0 aromatic carbocycles. The first-order valence-electron chi connectivity index (χ1n) is 5.92. The molecule has 0 bridgehead atoms. The maximum Gasteiger partial charge on any atom is 0.328 e. The minimum absolute atomic E-state index is 0.0625. The Kier molecular flexibility index (Phi) is 4.78. The quantitative estimate of drug-likeness (QED) is 0.831. The molecule has 0 aliphatic heterocycles. The zero-order chi connectivity index (χ0) is 15.2. The summed E-state index contributed by atoms with van der Waals surface area (Å²) in [5, 5.41) is 12.9. The number of carbonyl (C=O) groups is 2. The van der Waals surface area contributed by atoms with Gasteiger partial charge in [0.25, 0.3) is 5.91 Å². The van der Waals surface area contributed by atoms with E-state index in [1.807, 2.05) is 0 Å². The van der Waals surface area contributed by atoms with E-state index in [1.54, 1.807) is 11.4 Å². The molecule has 0 atom stereocenters. The minimum Gasteiger partial charge on any atom is -0.478 e. The fourth-order valence-electron chi connectivity index (χ4n) is 1.57. The molecule has 0 aliphatic carbocycles. The van der Waals surface area contributed by atoms with Crippen LogP contribution in [0.15, 0.2) is 36.0 Å². The van der Waals surface area contributed by atoms with Gasteiger partial charge in [0.05, 0.1) is 18.3 Å². The zero-order valence-electron chi connectivity index (χ0n) is 10.7. The number of nitrogens with zero attached hydrogens (tertiary/aromatic N) is 1. The second-order valence-electron chi connectivity index (χ2n) is 4.06. The summed E-state index contributed by atoms with van der Waals surface area (Å²) in [6.45, 7) is 0.242. The molecule has 2 aromatic rings. The molecule has 21 heavy (non-hydrogen) atoms. The fraction of sp³-hybridized carbons (Fsp3) is 0.0714. The van der Waals surface area contributed by atoms with Gasteiger partial charge in [-0.05, 0) is 29.2 Å². The van der Waals surface area contributed by atoms with Gasteiger partial charge in [-0.1, -0.05) is 0 Å². The van der Waals surface area contributed by atoms with Crippen LogP contribution >= 0.6 is 11.3 Å². The first-order valence-corrected chi connectivity index (χ1v) is 6.80.